The van der Waals surface area contributed by atoms with Crippen LogP contribution in [-0.2, 0) is 10.8 Å². The molecule has 3 nitrogen and oxygen atoms in total. The van der Waals surface area contributed by atoms with Crippen LogP contribution >= 0.6 is 0 Å². The molecular formula is C11H24N2OS. The van der Waals surface area contributed by atoms with Crippen molar-refractivity contribution in [1.29, 1.82) is 0 Å². The Kier molecular flexibility index (Phi) is 6.45. The maximum absolute atomic E-state index is 11.1. The van der Waals surface area contributed by atoms with Gasteiger partial charge in [-0.2, -0.15) is 0 Å². The van der Waals surface area contributed by atoms with Crippen LogP contribution in [0.1, 0.15) is 20.3 Å². The molecular weight excluding hydrogens is 208 g/mol. The fourth-order valence-electron chi connectivity index (χ4n) is 1.72. The van der Waals surface area contributed by atoms with Crippen molar-refractivity contribution in [3.8, 4) is 0 Å². The molecule has 90 valence electrons. The summed E-state index contributed by atoms with van der Waals surface area (Å²) in [6.45, 7) is 9.89. The van der Waals surface area contributed by atoms with Gasteiger partial charge in [-0.25, -0.2) is 0 Å². The summed E-state index contributed by atoms with van der Waals surface area (Å²) in [5.41, 5.74) is 0. The van der Waals surface area contributed by atoms with Gasteiger partial charge in [0.1, 0.15) is 0 Å². The van der Waals surface area contributed by atoms with Crippen LogP contribution in [0.4, 0.5) is 0 Å². The highest BCUT2D eigenvalue weighted by atomic mass is 32.2. The predicted molar refractivity (Wildman–Crippen MR) is 66.6 cm³/mol. The standard InChI is InChI=1S/C11H24N2OS/c1-11(2)10-12-4-3-5-13-6-8-15(14)9-7-13/h11-12H,3-10H2,1-2H3. The smallest absolute Gasteiger partial charge is 0.0363 e. The van der Waals surface area contributed by atoms with Gasteiger partial charge in [-0.1, -0.05) is 13.8 Å². The van der Waals surface area contributed by atoms with Crippen LogP contribution in [0.5, 0.6) is 0 Å². The zero-order chi connectivity index (χ0) is 11.1. The highest BCUT2D eigenvalue weighted by molar-refractivity contribution is 7.85. The second kappa shape index (κ2) is 7.36. The Morgan fingerprint density at radius 1 is 1.33 bits per heavy atom. The van der Waals surface area contributed by atoms with E-state index in [0.717, 1.165) is 50.1 Å². The maximum Gasteiger partial charge on any atom is 0.0363 e. The van der Waals surface area contributed by atoms with E-state index in [4.69, 9.17) is 0 Å². The Balaban J connectivity index is 1.94. The van der Waals surface area contributed by atoms with Gasteiger partial charge in [0.05, 0.1) is 0 Å². The molecule has 1 saturated heterocycles. The van der Waals surface area contributed by atoms with E-state index in [2.05, 4.69) is 24.1 Å². The van der Waals surface area contributed by atoms with Crippen LogP contribution in [0.2, 0.25) is 0 Å². The molecule has 0 aromatic carbocycles. The van der Waals surface area contributed by atoms with Gasteiger partial charge in [0, 0.05) is 35.4 Å². The maximum atomic E-state index is 11.1. The molecule has 1 N–H and O–H groups in total. The molecule has 0 unspecified atom stereocenters. The Morgan fingerprint density at radius 2 is 2.00 bits per heavy atom. The molecule has 1 fully saturated rings. The van der Waals surface area contributed by atoms with Gasteiger partial charge < -0.3 is 10.2 Å². The van der Waals surface area contributed by atoms with Gasteiger partial charge in [0.2, 0.25) is 0 Å². The molecule has 0 aromatic heterocycles. The zero-order valence-electron chi connectivity index (χ0n) is 10.00. The lowest BCUT2D eigenvalue weighted by atomic mass is 10.2. The Hall–Kier alpha value is 0.0700. The third-order valence-corrected chi connectivity index (χ3v) is 3.93. The fourth-order valence-corrected chi connectivity index (χ4v) is 2.85. The van der Waals surface area contributed by atoms with Gasteiger partial charge >= 0.3 is 0 Å². The summed E-state index contributed by atoms with van der Waals surface area (Å²) in [5, 5.41) is 3.45. The average molecular weight is 232 g/mol. The van der Waals surface area contributed by atoms with Crippen LogP contribution in [0.3, 0.4) is 0 Å². The summed E-state index contributed by atoms with van der Waals surface area (Å²) in [6.07, 6.45) is 1.21. The lowest BCUT2D eigenvalue weighted by Gasteiger charge is -2.25. The Morgan fingerprint density at radius 3 is 2.60 bits per heavy atom. The minimum atomic E-state index is -0.533. The largest absolute Gasteiger partial charge is 0.316 e. The summed E-state index contributed by atoms with van der Waals surface area (Å²) in [6, 6.07) is 0. The zero-order valence-corrected chi connectivity index (χ0v) is 10.8. The SMILES string of the molecule is CC(C)CNCCCN1CCS(=O)CC1. The predicted octanol–water partition coefficient (Wildman–Crippen LogP) is 0.686. The van der Waals surface area contributed by atoms with Crippen LogP contribution < -0.4 is 5.32 Å². The van der Waals surface area contributed by atoms with Gasteiger partial charge in [-0.05, 0) is 32.0 Å². The number of hydrogen-bond acceptors (Lipinski definition) is 3. The summed E-state index contributed by atoms with van der Waals surface area (Å²) >= 11 is 0. The van der Waals surface area contributed by atoms with Crippen molar-refractivity contribution in [3.63, 3.8) is 0 Å². The highest BCUT2D eigenvalue weighted by Gasteiger charge is 2.13. The van der Waals surface area contributed by atoms with E-state index < -0.39 is 10.8 Å². The summed E-state index contributed by atoms with van der Waals surface area (Å²) < 4.78 is 11.1. The first-order valence-corrected chi connectivity index (χ1v) is 7.45. The molecule has 0 aromatic rings. The van der Waals surface area contributed by atoms with Gasteiger partial charge in [0.25, 0.3) is 0 Å². The first-order chi connectivity index (χ1) is 7.18. The van der Waals surface area contributed by atoms with Gasteiger partial charge in [-0.3, -0.25) is 4.21 Å². The van der Waals surface area contributed by atoms with E-state index >= 15 is 0 Å². The first-order valence-electron chi connectivity index (χ1n) is 5.96. The molecule has 0 bridgehead atoms. The highest BCUT2D eigenvalue weighted by Crippen LogP contribution is 2.00. The topological polar surface area (TPSA) is 32.3 Å². The van der Waals surface area contributed by atoms with E-state index in [1.165, 1.54) is 6.42 Å². The van der Waals surface area contributed by atoms with E-state index in [1.807, 2.05) is 0 Å². The number of nitrogens with zero attached hydrogens (tertiary/aromatic N) is 1. The first kappa shape index (κ1) is 13.1. The molecule has 0 amide bonds. The van der Waals surface area contributed by atoms with E-state index in [9.17, 15) is 4.21 Å². The molecule has 0 spiro atoms. The molecule has 1 heterocycles. The number of nitrogens with one attached hydrogen (secondary N) is 1. The average Bonchev–Trinajstić information content (AvgIpc) is 2.20. The minimum absolute atomic E-state index is 0.533. The lowest BCUT2D eigenvalue weighted by Crippen LogP contribution is -2.39. The lowest BCUT2D eigenvalue weighted by molar-refractivity contribution is 0.293. The molecule has 0 atom stereocenters. The molecule has 0 aliphatic carbocycles. The normalized spacial score (nSPS) is 19.9. The monoisotopic (exact) mass is 232 g/mol. The molecule has 4 heteroatoms. The van der Waals surface area contributed by atoms with Crippen molar-refractivity contribution in [3.05, 3.63) is 0 Å². The summed E-state index contributed by atoms with van der Waals surface area (Å²) in [4.78, 5) is 2.43. The quantitative estimate of drug-likeness (QED) is 0.684. The molecule has 1 aliphatic heterocycles. The van der Waals surface area contributed by atoms with Gasteiger partial charge in [0.15, 0.2) is 0 Å². The molecule has 15 heavy (non-hydrogen) atoms. The van der Waals surface area contributed by atoms with Crippen LogP contribution in [0, 0.1) is 5.92 Å². The van der Waals surface area contributed by atoms with Crippen molar-refractivity contribution in [2.75, 3.05) is 44.2 Å². The number of hydrogen-bond donors (Lipinski definition) is 1. The van der Waals surface area contributed by atoms with Crippen LogP contribution in [0.25, 0.3) is 0 Å². The van der Waals surface area contributed by atoms with Crippen molar-refractivity contribution >= 4 is 10.8 Å². The van der Waals surface area contributed by atoms with E-state index in [-0.39, 0.29) is 0 Å². The summed E-state index contributed by atoms with van der Waals surface area (Å²) in [5.74, 6) is 2.49. The van der Waals surface area contributed by atoms with Crippen molar-refractivity contribution in [1.82, 2.24) is 10.2 Å². The van der Waals surface area contributed by atoms with E-state index in [0.29, 0.717) is 0 Å². The second-order valence-electron chi connectivity index (χ2n) is 4.64. The Bertz CT molecular complexity index is 187. The molecule has 0 radical (unpaired) electrons. The van der Waals surface area contributed by atoms with Crippen LogP contribution in [0.15, 0.2) is 0 Å². The molecule has 1 aliphatic rings. The van der Waals surface area contributed by atoms with Crippen molar-refractivity contribution in [2.45, 2.75) is 20.3 Å². The third kappa shape index (κ3) is 6.28. The summed E-state index contributed by atoms with van der Waals surface area (Å²) in [7, 11) is -0.533. The molecule has 1 rings (SSSR count). The van der Waals surface area contributed by atoms with Gasteiger partial charge in [-0.15, -0.1) is 0 Å². The van der Waals surface area contributed by atoms with Crippen LogP contribution in [-0.4, -0.2) is 53.3 Å². The van der Waals surface area contributed by atoms with Crippen molar-refractivity contribution < 1.29 is 4.21 Å². The number of rotatable bonds is 6. The second-order valence-corrected chi connectivity index (χ2v) is 6.34. The Labute approximate surface area is 96.1 Å². The third-order valence-electron chi connectivity index (χ3n) is 2.65. The fraction of sp³-hybridized carbons (Fsp3) is 1.00. The van der Waals surface area contributed by atoms with Crippen molar-refractivity contribution in [2.24, 2.45) is 5.92 Å². The van der Waals surface area contributed by atoms with E-state index in [1.54, 1.807) is 0 Å². The molecule has 0 saturated carbocycles. The minimum Gasteiger partial charge on any atom is -0.316 e.